The van der Waals surface area contributed by atoms with Crippen molar-refractivity contribution >= 4 is 5.82 Å². The zero-order valence-electron chi connectivity index (χ0n) is 12.5. The minimum atomic E-state index is -0.473. The van der Waals surface area contributed by atoms with Crippen molar-refractivity contribution in [3.8, 4) is 11.1 Å². The van der Waals surface area contributed by atoms with E-state index in [1.54, 1.807) is 13.3 Å². The molecule has 4 nitrogen and oxygen atoms in total. The Labute approximate surface area is 125 Å². The summed E-state index contributed by atoms with van der Waals surface area (Å²) in [6.45, 7) is 2.71. The van der Waals surface area contributed by atoms with Crippen molar-refractivity contribution in [1.82, 2.24) is 4.98 Å². The first-order chi connectivity index (χ1) is 10.1. The zero-order valence-corrected chi connectivity index (χ0v) is 12.5. The second kappa shape index (κ2) is 7.20. The van der Waals surface area contributed by atoms with E-state index in [0.29, 0.717) is 18.8 Å². The lowest BCUT2D eigenvalue weighted by Crippen LogP contribution is -2.01. The lowest BCUT2D eigenvalue weighted by Gasteiger charge is -2.14. The van der Waals surface area contributed by atoms with E-state index in [4.69, 9.17) is 10.5 Å². The number of methoxy groups -OCH3 is 1. The van der Waals surface area contributed by atoms with Crippen LogP contribution in [0.1, 0.15) is 30.1 Å². The molecule has 4 heteroatoms. The maximum absolute atomic E-state index is 10.3. The van der Waals surface area contributed by atoms with Crippen molar-refractivity contribution in [2.45, 2.75) is 25.9 Å². The normalized spacial score (nSPS) is 12.3. The van der Waals surface area contributed by atoms with E-state index in [1.807, 2.05) is 37.3 Å². The van der Waals surface area contributed by atoms with Crippen molar-refractivity contribution < 1.29 is 9.84 Å². The summed E-state index contributed by atoms with van der Waals surface area (Å²) in [5.74, 6) is 0.498. The fraction of sp³-hybridized carbons (Fsp3) is 0.353. The van der Waals surface area contributed by atoms with Gasteiger partial charge in [-0.25, -0.2) is 4.98 Å². The van der Waals surface area contributed by atoms with Gasteiger partial charge >= 0.3 is 0 Å². The van der Waals surface area contributed by atoms with Crippen molar-refractivity contribution in [1.29, 1.82) is 0 Å². The Bertz CT molecular complexity index is 599. The number of aromatic nitrogens is 1. The molecule has 0 saturated carbocycles. The number of nitrogens with two attached hydrogens (primary N) is 1. The number of anilines is 1. The number of aliphatic hydroxyl groups excluding tert-OH is 1. The second-order valence-corrected chi connectivity index (χ2v) is 5.19. The Balaban J connectivity index is 2.25. The first-order valence-corrected chi connectivity index (χ1v) is 7.11. The predicted octanol–water partition coefficient (Wildman–Crippen LogP) is 3.10. The van der Waals surface area contributed by atoms with Crippen LogP contribution < -0.4 is 5.73 Å². The smallest absolute Gasteiger partial charge is 0.123 e. The summed E-state index contributed by atoms with van der Waals surface area (Å²) in [4.78, 5) is 4.02. The Morgan fingerprint density at radius 1 is 1.29 bits per heavy atom. The van der Waals surface area contributed by atoms with Gasteiger partial charge in [0.05, 0.1) is 6.10 Å². The third kappa shape index (κ3) is 4.03. The van der Waals surface area contributed by atoms with Crippen LogP contribution in [-0.4, -0.2) is 23.8 Å². The molecule has 0 bridgehead atoms. The molecule has 1 aromatic carbocycles. The van der Waals surface area contributed by atoms with Gasteiger partial charge in [0, 0.05) is 19.9 Å². The molecule has 1 heterocycles. The van der Waals surface area contributed by atoms with E-state index >= 15 is 0 Å². The maximum Gasteiger partial charge on any atom is 0.123 e. The van der Waals surface area contributed by atoms with Crippen molar-refractivity contribution in [3.05, 3.63) is 47.7 Å². The van der Waals surface area contributed by atoms with Gasteiger partial charge in [-0.1, -0.05) is 12.1 Å². The number of benzene rings is 1. The van der Waals surface area contributed by atoms with Gasteiger partial charge in [0.1, 0.15) is 5.82 Å². The first-order valence-electron chi connectivity index (χ1n) is 7.11. The molecule has 2 aromatic rings. The largest absolute Gasteiger partial charge is 0.388 e. The average Bonchev–Trinajstić information content (AvgIpc) is 2.48. The standard InChI is InChI=1S/C17H22N2O2/c1-12-5-6-14(16(20)4-3-9-21-2)10-15(12)13-7-8-19-17(18)11-13/h5-8,10-11,16,20H,3-4,9H2,1-2H3,(H2,18,19). The number of hydrogen-bond donors (Lipinski definition) is 2. The van der Waals surface area contributed by atoms with Gasteiger partial charge in [0.15, 0.2) is 0 Å². The van der Waals surface area contributed by atoms with Gasteiger partial charge in [-0.3, -0.25) is 0 Å². The fourth-order valence-electron chi connectivity index (χ4n) is 2.36. The summed E-state index contributed by atoms with van der Waals surface area (Å²) in [5, 5.41) is 10.3. The van der Waals surface area contributed by atoms with Crippen LogP contribution in [0.2, 0.25) is 0 Å². The lowest BCUT2D eigenvalue weighted by atomic mass is 9.95. The Hall–Kier alpha value is -1.91. The molecule has 2 rings (SSSR count). The molecule has 0 aliphatic heterocycles. The Morgan fingerprint density at radius 3 is 2.81 bits per heavy atom. The maximum atomic E-state index is 10.3. The van der Waals surface area contributed by atoms with Crippen LogP contribution in [0.4, 0.5) is 5.82 Å². The van der Waals surface area contributed by atoms with Crippen LogP contribution >= 0.6 is 0 Å². The highest BCUT2D eigenvalue weighted by atomic mass is 16.5. The van der Waals surface area contributed by atoms with E-state index in [9.17, 15) is 5.11 Å². The quantitative estimate of drug-likeness (QED) is 0.801. The molecule has 0 amide bonds. The van der Waals surface area contributed by atoms with Gasteiger partial charge in [0.2, 0.25) is 0 Å². The highest BCUT2D eigenvalue weighted by Gasteiger charge is 2.10. The van der Waals surface area contributed by atoms with Crippen LogP contribution in [-0.2, 0) is 4.74 Å². The monoisotopic (exact) mass is 286 g/mol. The molecular weight excluding hydrogens is 264 g/mol. The summed E-state index contributed by atoms with van der Waals surface area (Å²) >= 11 is 0. The van der Waals surface area contributed by atoms with Gasteiger partial charge in [-0.15, -0.1) is 0 Å². The number of hydrogen-bond acceptors (Lipinski definition) is 4. The van der Waals surface area contributed by atoms with Gasteiger partial charge in [-0.05, 0) is 60.2 Å². The molecule has 0 spiro atoms. The zero-order chi connectivity index (χ0) is 15.2. The molecule has 0 fully saturated rings. The highest BCUT2D eigenvalue weighted by molar-refractivity contribution is 5.69. The van der Waals surface area contributed by atoms with E-state index in [-0.39, 0.29) is 0 Å². The van der Waals surface area contributed by atoms with Crippen LogP contribution in [0.15, 0.2) is 36.5 Å². The fourth-order valence-corrected chi connectivity index (χ4v) is 2.36. The third-order valence-electron chi connectivity index (χ3n) is 3.56. The predicted molar refractivity (Wildman–Crippen MR) is 84.9 cm³/mol. The molecule has 0 aliphatic rings. The summed E-state index contributed by atoms with van der Waals surface area (Å²) in [6.07, 6.45) is 2.75. The van der Waals surface area contributed by atoms with E-state index in [1.165, 1.54) is 0 Å². The molecule has 1 atom stereocenters. The van der Waals surface area contributed by atoms with Crippen molar-refractivity contribution in [2.75, 3.05) is 19.5 Å². The van der Waals surface area contributed by atoms with E-state index in [2.05, 4.69) is 4.98 Å². The molecule has 0 aliphatic carbocycles. The lowest BCUT2D eigenvalue weighted by molar-refractivity contribution is 0.136. The number of ether oxygens (including phenoxy) is 1. The summed E-state index contributed by atoms with van der Waals surface area (Å²) in [7, 11) is 1.67. The summed E-state index contributed by atoms with van der Waals surface area (Å²) < 4.78 is 5.02. The summed E-state index contributed by atoms with van der Waals surface area (Å²) in [5.41, 5.74) is 9.91. The van der Waals surface area contributed by atoms with E-state index < -0.39 is 6.10 Å². The number of nitrogen functional groups attached to an aromatic ring is 1. The Kier molecular flexibility index (Phi) is 5.31. The van der Waals surface area contributed by atoms with Crippen LogP contribution in [0.3, 0.4) is 0 Å². The van der Waals surface area contributed by atoms with Crippen LogP contribution in [0.5, 0.6) is 0 Å². The van der Waals surface area contributed by atoms with Gasteiger partial charge < -0.3 is 15.6 Å². The van der Waals surface area contributed by atoms with E-state index in [0.717, 1.165) is 28.7 Å². The van der Waals surface area contributed by atoms with Gasteiger partial charge in [0.25, 0.3) is 0 Å². The number of pyridine rings is 1. The number of nitrogens with zero attached hydrogens (tertiary/aromatic N) is 1. The minimum Gasteiger partial charge on any atom is -0.388 e. The van der Waals surface area contributed by atoms with Crippen LogP contribution in [0, 0.1) is 6.92 Å². The number of aryl methyl sites for hydroxylation is 1. The average molecular weight is 286 g/mol. The topological polar surface area (TPSA) is 68.4 Å². The first kappa shape index (κ1) is 15.5. The minimum absolute atomic E-state index is 0.473. The summed E-state index contributed by atoms with van der Waals surface area (Å²) in [6, 6.07) is 9.81. The number of aliphatic hydroxyl groups is 1. The van der Waals surface area contributed by atoms with Crippen LogP contribution in [0.25, 0.3) is 11.1 Å². The molecule has 0 radical (unpaired) electrons. The SMILES string of the molecule is COCCCC(O)c1ccc(C)c(-c2ccnc(N)c2)c1. The number of rotatable bonds is 6. The Morgan fingerprint density at radius 2 is 2.10 bits per heavy atom. The second-order valence-electron chi connectivity index (χ2n) is 5.19. The molecular formula is C17H22N2O2. The highest BCUT2D eigenvalue weighted by Crippen LogP contribution is 2.28. The molecule has 3 N–H and O–H groups in total. The van der Waals surface area contributed by atoms with Crippen molar-refractivity contribution in [3.63, 3.8) is 0 Å². The molecule has 1 aromatic heterocycles. The molecule has 0 saturated heterocycles. The molecule has 21 heavy (non-hydrogen) atoms. The molecule has 112 valence electrons. The third-order valence-corrected chi connectivity index (χ3v) is 3.56. The van der Waals surface area contributed by atoms with Gasteiger partial charge in [-0.2, -0.15) is 0 Å². The molecule has 1 unspecified atom stereocenters. The van der Waals surface area contributed by atoms with Crippen molar-refractivity contribution in [2.24, 2.45) is 0 Å².